The van der Waals surface area contributed by atoms with E-state index in [-0.39, 0.29) is 20.8 Å². The summed E-state index contributed by atoms with van der Waals surface area (Å²) >= 11 is 17.1. The summed E-state index contributed by atoms with van der Waals surface area (Å²) in [6, 6.07) is 6.89. The third-order valence-electron chi connectivity index (χ3n) is 2.44. The average Bonchev–Trinajstić information content (AvgIpc) is 2.36. The summed E-state index contributed by atoms with van der Waals surface area (Å²) in [6.45, 7) is 0. The second kappa shape index (κ2) is 6.29. The van der Waals surface area contributed by atoms with Crippen LogP contribution in [0.3, 0.4) is 0 Å². The molecule has 2 aromatic rings. The smallest absolute Gasteiger partial charge is 0.339 e. The maximum atomic E-state index is 12.1. The van der Waals surface area contributed by atoms with Gasteiger partial charge in [0.2, 0.25) is 0 Å². The first kappa shape index (κ1) is 16.8. The van der Waals surface area contributed by atoms with Crippen molar-refractivity contribution in [2.45, 2.75) is 4.90 Å². The molecule has 0 radical (unpaired) electrons. The van der Waals surface area contributed by atoms with Crippen LogP contribution in [0.5, 0.6) is 5.75 Å². The van der Waals surface area contributed by atoms with Gasteiger partial charge in [0.25, 0.3) is 5.69 Å². The number of hydrogen-bond donors (Lipinski definition) is 0. The molecule has 0 bridgehead atoms. The van der Waals surface area contributed by atoms with Crippen molar-refractivity contribution in [2.75, 3.05) is 0 Å². The molecule has 0 saturated heterocycles. The first-order valence-electron chi connectivity index (χ1n) is 5.53. The second-order valence-corrected chi connectivity index (χ2v) is 6.84. The highest BCUT2D eigenvalue weighted by molar-refractivity contribution is 7.87. The molecule has 0 fully saturated rings. The SMILES string of the molecule is O=[N+]([O-])c1cc(S(=O)(=O)Oc2cc(Cl)cc(Cl)c2)ccc1Cl. The minimum Gasteiger partial charge on any atom is -0.379 e. The third kappa shape index (κ3) is 3.80. The van der Waals surface area contributed by atoms with E-state index in [1.165, 1.54) is 18.2 Å². The van der Waals surface area contributed by atoms with Crippen LogP contribution < -0.4 is 4.18 Å². The Bertz CT molecular complexity index is 834. The molecule has 0 unspecified atom stereocenters. The van der Waals surface area contributed by atoms with E-state index in [0.717, 1.165) is 18.2 Å². The van der Waals surface area contributed by atoms with Crippen LogP contribution in [0.1, 0.15) is 0 Å². The van der Waals surface area contributed by atoms with Crippen LogP contribution in [0.4, 0.5) is 5.69 Å². The zero-order valence-electron chi connectivity index (χ0n) is 10.5. The Morgan fingerprint density at radius 1 is 1.00 bits per heavy atom. The topological polar surface area (TPSA) is 86.5 Å². The molecule has 22 heavy (non-hydrogen) atoms. The fourth-order valence-electron chi connectivity index (χ4n) is 1.54. The molecule has 0 heterocycles. The molecule has 0 spiro atoms. The fraction of sp³-hybridized carbons (Fsp3) is 0. The van der Waals surface area contributed by atoms with Crippen LogP contribution >= 0.6 is 34.8 Å². The number of nitro groups is 1. The number of hydrogen-bond acceptors (Lipinski definition) is 5. The lowest BCUT2D eigenvalue weighted by Crippen LogP contribution is -2.10. The lowest BCUT2D eigenvalue weighted by Gasteiger charge is -2.08. The maximum Gasteiger partial charge on any atom is 0.339 e. The van der Waals surface area contributed by atoms with E-state index in [9.17, 15) is 18.5 Å². The van der Waals surface area contributed by atoms with E-state index in [1.807, 2.05) is 0 Å². The highest BCUT2D eigenvalue weighted by Gasteiger charge is 2.22. The molecular formula is C12H6Cl3NO5S. The fourth-order valence-corrected chi connectivity index (χ4v) is 3.17. The lowest BCUT2D eigenvalue weighted by molar-refractivity contribution is -0.384. The van der Waals surface area contributed by atoms with Crippen molar-refractivity contribution in [1.29, 1.82) is 0 Å². The highest BCUT2D eigenvalue weighted by atomic mass is 35.5. The molecule has 10 heteroatoms. The summed E-state index contributed by atoms with van der Waals surface area (Å²) in [4.78, 5) is 9.59. The number of nitro benzene ring substituents is 1. The summed E-state index contributed by atoms with van der Waals surface area (Å²) in [5, 5.41) is 11.0. The molecule has 0 aliphatic carbocycles. The first-order valence-corrected chi connectivity index (χ1v) is 8.08. The predicted molar refractivity (Wildman–Crippen MR) is 82.4 cm³/mol. The zero-order valence-corrected chi connectivity index (χ0v) is 13.6. The van der Waals surface area contributed by atoms with Gasteiger partial charge in [-0.2, -0.15) is 8.42 Å². The Hall–Kier alpha value is -1.54. The van der Waals surface area contributed by atoms with Crippen molar-refractivity contribution in [3.05, 3.63) is 61.6 Å². The molecule has 2 rings (SSSR count). The van der Waals surface area contributed by atoms with Gasteiger partial charge in [0.1, 0.15) is 15.7 Å². The average molecular weight is 383 g/mol. The Kier molecular flexibility index (Phi) is 4.81. The molecule has 0 aromatic heterocycles. The molecule has 0 aliphatic rings. The van der Waals surface area contributed by atoms with Gasteiger partial charge in [-0.3, -0.25) is 10.1 Å². The third-order valence-corrected chi connectivity index (χ3v) is 4.44. The van der Waals surface area contributed by atoms with Crippen molar-refractivity contribution < 1.29 is 17.5 Å². The molecule has 2 aromatic carbocycles. The van der Waals surface area contributed by atoms with Crippen LogP contribution in [0.2, 0.25) is 15.1 Å². The summed E-state index contributed by atoms with van der Waals surface area (Å²) in [6.07, 6.45) is 0. The van der Waals surface area contributed by atoms with Crippen LogP contribution in [-0.2, 0) is 10.1 Å². The minimum atomic E-state index is -4.30. The second-order valence-electron chi connectivity index (χ2n) is 4.01. The zero-order chi connectivity index (χ0) is 16.5. The van der Waals surface area contributed by atoms with Gasteiger partial charge in [0.05, 0.1) is 4.92 Å². The van der Waals surface area contributed by atoms with E-state index >= 15 is 0 Å². The van der Waals surface area contributed by atoms with Gasteiger partial charge in [-0.05, 0) is 18.2 Å². The molecule has 0 saturated carbocycles. The van der Waals surface area contributed by atoms with E-state index in [0.29, 0.717) is 0 Å². The van der Waals surface area contributed by atoms with Crippen molar-refractivity contribution in [3.63, 3.8) is 0 Å². The van der Waals surface area contributed by atoms with E-state index in [4.69, 9.17) is 39.0 Å². The van der Waals surface area contributed by atoms with Crippen LogP contribution in [0.25, 0.3) is 0 Å². The molecule has 0 aliphatic heterocycles. The van der Waals surface area contributed by atoms with Crippen LogP contribution in [-0.4, -0.2) is 13.3 Å². The first-order chi connectivity index (χ1) is 10.2. The quantitative estimate of drug-likeness (QED) is 0.446. The number of benzene rings is 2. The van der Waals surface area contributed by atoms with Crippen LogP contribution in [0.15, 0.2) is 41.3 Å². The van der Waals surface area contributed by atoms with Crippen molar-refractivity contribution in [3.8, 4) is 5.75 Å². The molecule has 0 amide bonds. The summed E-state index contributed by atoms with van der Waals surface area (Å²) < 4.78 is 29.1. The van der Waals surface area contributed by atoms with Gasteiger partial charge in [0, 0.05) is 28.2 Å². The summed E-state index contributed by atoms with van der Waals surface area (Å²) in [7, 11) is -4.30. The Morgan fingerprint density at radius 2 is 1.59 bits per heavy atom. The molecule has 0 N–H and O–H groups in total. The molecule has 0 atom stereocenters. The number of halogens is 3. The molecular weight excluding hydrogens is 377 g/mol. The minimum absolute atomic E-state index is 0.116. The molecule has 6 nitrogen and oxygen atoms in total. The van der Waals surface area contributed by atoms with E-state index in [1.54, 1.807) is 0 Å². The monoisotopic (exact) mass is 381 g/mol. The van der Waals surface area contributed by atoms with Crippen molar-refractivity contribution in [2.24, 2.45) is 0 Å². The van der Waals surface area contributed by atoms with E-state index < -0.39 is 25.6 Å². The summed E-state index contributed by atoms with van der Waals surface area (Å²) in [5.41, 5.74) is -0.546. The van der Waals surface area contributed by atoms with Gasteiger partial charge in [-0.15, -0.1) is 0 Å². The van der Waals surface area contributed by atoms with Gasteiger partial charge < -0.3 is 4.18 Å². The highest BCUT2D eigenvalue weighted by Crippen LogP contribution is 2.30. The standard InChI is InChI=1S/C12H6Cl3NO5S/c13-7-3-8(14)5-9(4-7)21-22(19,20)10-1-2-11(15)12(6-10)16(17)18/h1-6H. The maximum absolute atomic E-state index is 12.1. The predicted octanol–water partition coefficient (Wildman–Crippen LogP) is 4.32. The normalized spacial score (nSPS) is 11.2. The lowest BCUT2D eigenvalue weighted by atomic mass is 10.3. The Morgan fingerprint density at radius 3 is 2.14 bits per heavy atom. The van der Waals surface area contributed by atoms with Crippen molar-refractivity contribution in [1.82, 2.24) is 0 Å². The Labute approximate surface area is 140 Å². The van der Waals surface area contributed by atoms with Crippen molar-refractivity contribution >= 4 is 50.6 Å². The molecule has 116 valence electrons. The Balaban J connectivity index is 2.42. The van der Waals surface area contributed by atoms with Gasteiger partial charge >= 0.3 is 10.1 Å². The van der Waals surface area contributed by atoms with Gasteiger partial charge in [-0.1, -0.05) is 34.8 Å². The van der Waals surface area contributed by atoms with Crippen LogP contribution in [0, 0.1) is 10.1 Å². The number of rotatable bonds is 4. The van der Waals surface area contributed by atoms with E-state index in [2.05, 4.69) is 0 Å². The number of nitrogens with zero attached hydrogens (tertiary/aromatic N) is 1. The summed E-state index contributed by atoms with van der Waals surface area (Å²) in [5.74, 6) is -0.116. The van der Waals surface area contributed by atoms with Gasteiger partial charge in [-0.25, -0.2) is 0 Å². The van der Waals surface area contributed by atoms with Gasteiger partial charge in [0.15, 0.2) is 0 Å². The largest absolute Gasteiger partial charge is 0.379 e.